The predicted molar refractivity (Wildman–Crippen MR) is 117 cm³/mol. The lowest BCUT2D eigenvalue weighted by Crippen LogP contribution is -2.40. The Hall–Kier alpha value is -2.54. The Bertz CT molecular complexity index is 967. The normalized spacial score (nSPS) is 15.8. The van der Waals surface area contributed by atoms with Gasteiger partial charge in [0, 0.05) is 41.5 Å². The number of morpholine rings is 1. The summed E-state index contributed by atoms with van der Waals surface area (Å²) in [6, 6.07) is 13.5. The molecule has 2 aromatic heterocycles. The Balaban J connectivity index is 1.75. The fourth-order valence-corrected chi connectivity index (χ4v) is 4.86. The Morgan fingerprint density at radius 2 is 1.79 bits per heavy atom. The third-order valence-electron chi connectivity index (χ3n) is 5.40. The molecule has 1 aliphatic heterocycles. The van der Waals surface area contributed by atoms with Gasteiger partial charge in [-0.15, -0.1) is 11.3 Å². The van der Waals surface area contributed by atoms with Gasteiger partial charge in [0.15, 0.2) is 0 Å². The number of rotatable bonds is 5. The van der Waals surface area contributed by atoms with E-state index in [1.165, 1.54) is 21.6 Å². The zero-order chi connectivity index (χ0) is 20.2. The molecule has 6 heteroatoms. The van der Waals surface area contributed by atoms with Crippen molar-refractivity contribution in [1.29, 1.82) is 0 Å². The minimum absolute atomic E-state index is 0.0536. The molecular weight excluding hydrogens is 382 g/mol. The zero-order valence-electron chi connectivity index (χ0n) is 16.7. The van der Waals surface area contributed by atoms with Crippen LogP contribution in [0.15, 0.2) is 54.9 Å². The molecule has 1 fully saturated rings. The molecule has 0 saturated carbocycles. The molecule has 1 aromatic carbocycles. The van der Waals surface area contributed by atoms with Gasteiger partial charge in [0.2, 0.25) is 0 Å². The SMILES string of the molecule is Cc1sc(NC(=O)c2ccccc2)c(C(c2ccncc2)N2CCOCC2)c1C. The van der Waals surface area contributed by atoms with E-state index >= 15 is 0 Å². The number of anilines is 1. The van der Waals surface area contributed by atoms with Crippen LogP contribution in [0, 0.1) is 13.8 Å². The highest BCUT2D eigenvalue weighted by Crippen LogP contribution is 2.42. The van der Waals surface area contributed by atoms with Gasteiger partial charge in [-0.05, 0) is 49.2 Å². The lowest BCUT2D eigenvalue weighted by molar-refractivity contribution is 0.0240. The number of carbonyl (C=O) groups excluding carboxylic acids is 1. The number of amides is 1. The molecule has 3 aromatic rings. The predicted octanol–water partition coefficient (Wildman–Crippen LogP) is 4.43. The summed E-state index contributed by atoms with van der Waals surface area (Å²) < 4.78 is 5.59. The minimum atomic E-state index is -0.0800. The second-order valence-electron chi connectivity index (χ2n) is 7.18. The van der Waals surface area contributed by atoms with E-state index in [4.69, 9.17) is 4.74 Å². The number of thiophene rings is 1. The molecule has 1 saturated heterocycles. The number of nitrogens with one attached hydrogen (secondary N) is 1. The smallest absolute Gasteiger partial charge is 0.256 e. The molecule has 150 valence electrons. The molecule has 0 radical (unpaired) electrons. The molecule has 0 spiro atoms. The van der Waals surface area contributed by atoms with E-state index in [1.54, 1.807) is 11.3 Å². The minimum Gasteiger partial charge on any atom is -0.379 e. The van der Waals surface area contributed by atoms with Crippen molar-refractivity contribution in [2.45, 2.75) is 19.9 Å². The third kappa shape index (κ3) is 4.24. The molecule has 0 aliphatic carbocycles. The van der Waals surface area contributed by atoms with Gasteiger partial charge in [-0.2, -0.15) is 0 Å². The molecule has 29 heavy (non-hydrogen) atoms. The maximum atomic E-state index is 12.9. The highest BCUT2D eigenvalue weighted by atomic mass is 32.1. The van der Waals surface area contributed by atoms with Crippen LogP contribution in [0.1, 0.15) is 38.0 Å². The fourth-order valence-electron chi connectivity index (χ4n) is 3.77. The average molecular weight is 408 g/mol. The first-order valence-corrected chi connectivity index (χ1v) is 10.6. The lowest BCUT2D eigenvalue weighted by atomic mass is 9.95. The second kappa shape index (κ2) is 8.86. The van der Waals surface area contributed by atoms with E-state index < -0.39 is 0 Å². The summed E-state index contributed by atoms with van der Waals surface area (Å²) in [5.41, 5.74) is 4.24. The number of benzene rings is 1. The largest absolute Gasteiger partial charge is 0.379 e. The molecule has 1 unspecified atom stereocenters. The van der Waals surface area contributed by atoms with Crippen LogP contribution in [0.5, 0.6) is 0 Å². The second-order valence-corrected chi connectivity index (χ2v) is 8.40. The van der Waals surface area contributed by atoms with E-state index in [1.807, 2.05) is 42.7 Å². The van der Waals surface area contributed by atoms with E-state index in [2.05, 4.69) is 41.2 Å². The van der Waals surface area contributed by atoms with E-state index in [0.717, 1.165) is 31.3 Å². The number of hydrogen-bond acceptors (Lipinski definition) is 5. The molecular formula is C23H25N3O2S. The number of nitrogens with zero attached hydrogens (tertiary/aromatic N) is 2. The van der Waals surface area contributed by atoms with Gasteiger partial charge in [0.25, 0.3) is 5.91 Å². The van der Waals surface area contributed by atoms with Crippen molar-refractivity contribution in [2.75, 3.05) is 31.6 Å². The van der Waals surface area contributed by atoms with Crippen molar-refractivity contribution in [3.63, 3.8) is 0 Å². The summed E-state index contributed by atoms with van der Waals surface area (Å²) in [5, 5.41) is 4.10. The quantitative estimate of drug-likeness (QED) is 0.680. The summed E-state index contributed by atoms with van der Waals surface area (Å²) in [7, 11) is 0. The van der Waals surface area contributed by atoms with E-state index in [-0.39, 0.29) is 11.9 Å². The first kappa shape index (κ1) is 19.8. The summed E-state index contributed by atoms with van der Waals surface area (Å²) in [6.45, 7) is 7.41. The van der Waals surface area contributed by atoms with Crippen molar-refractivity contribution in [2.24, 2.45) is 0 Å². The van der Waals surface area contributed by atoms with E-state index in [9.17, 15) is 4.79 Å². The highest BCUT2D eigenvalue weighted by Gasteiger charge is 2.30. The summed E-state index contributed by atoms with van der Waals surface area (Å²) in [4.78, 5) is 20.7. The van der Waals surface area contributed by atoms with Crippen LogP contribution in [-0.2, 0) is 4.74 Å². The van der Waals surface area contributed by atoms with Crippen molar-refractivity contribution >= 4 is 22.2 Å². The molecule has 1 atom stereocenters. The van der Waals surface area contributed by atoms with Gasteiger partial charge < -0.3 is 10.1 Å². The Morgan fingerprint density at radius 3 is 2.48 bits per heavy atom. The van der Waals surface area contributed by atoms with Crippen LogP contribution in [0.3, 0.4) is 0 Å². The summed E-state index contributed by atoms with van der Waals surface area (Å²) >= 11 is 1.65. The third-order valence-corrected chi connectivity index (χ3v) is 6.54. The van der Waals surface area contributed by atoms with Crippen molar-refractivity contribution < 1.29 is 9.53 Å². The highest BCUT2D eigenvalue weighted by molar-refractivity contribution is 7.16. The number of aromatic nitrogens is 1. The van der Waals surface area contributed by atoms with Crippen molar-refractivity contribution in [3.8, 4) is 0 Å². The monoisotopic (exact) mass is 407 g/mol. The fraction of sp³-hybridized carbons (Fsp3) is 0.304. The van der Waals surface area contributed by atoms with Crippen LogP contribution >= 0.6 is 11.3 Å². The topological polar surface area (TPSA) is 54.5 Å². The van der Waals surface area contributed by atoms with Gasteiger partial charge >= 0.3 is 0 Å². The molecule has 1 aliphatic rings. The first-order valence-electron chi connectivity index (χ1n) is 9.83. The first-order chi connectivity index (χ1) is 14.1. The van der Waals surface area contributed by atoms with Gasteiger partial charge in [-0.1, -0.05) is 18.2 Å². The Morgan fingerprint density at radius 1 is 1.10 bits per heavy atom. The van der Waals surface area contributed by atoms with Crippen LogP contribution in [-0.4, -0.2) is 42.1 Å². The lowest BCUT2D eigenvalue weighted by Gasteiger charge is -2.35. The van der Waals surface area contributed by atoms with Gasteiger partial charge in [0.1, 0.15) is 5.00 Å². The van der Waals surface area contributed by atoms with Crippen molar-refractivity contribution in [1.82, 2.24) is 9.88 Å². The molecule has 5 nitrogen and oxygen atoms in total. The zero-order valence-corrected chi connectivity index (χ0v) is 17.5. The molecule has 1 amide bonds. The molecule has 1 N–H and O–H groups in total. The number of aryl methyl sites for hydroxylation is 1. The van der Waals surface area contributed by atoms with Crippen LogP contribution in [0.25, 0.3) is 0 Å². The van der Waals surface area contributed by atoms with Gasteiger partial charge in [-0.25, -0.2) is 0 Å². The van der Waals surface area contributed by atoms with E-state index in [0.29, 0.717) is 5.56 Å². The number of ether oxygens (including phenoxy) is 1. The van der Waals surface area contributed by atoms with Crippen LogP contribution in [0.2, 0.25) is 0 Å². The average Bonchev–Trinajstić information content (AvgIpc) is 3.04. The summed E-state index contributed by atoms with van der Waals surface area (Å²) in [6.07, 6.45) is 3.67. The molecule has 4 rings (SSSR count). The maximum absolute atomic E-state index is 12.9. The summed E-state index contributed by atoms with van der Waals surface area (Å²) in [5.74, 6) is -0.0800. The number of carbonyl (C=O) groups is 1. The van der Waals surface area contributed by atoms with Crippen molar-refractivity contribution in [3.05, 3.63) is 82.0 Å². The van der Waals surface area contributed by atoms with Crippen LogP contribution < -0.4 is 5.32 Å². The van der Waals surface area contributed by atoms with Crippen LogP contribution in [0.4, 0.5) is 5.00 Å². The Labute approximate surface area is 175 Å². The number of hydrogen-bond donors (Lipinski definition) is 1. The van der Waals surface area contributed by atoms with Gasteiger partial charge in [-0.3, -0.25) is 14.7 Å². The Kier molecular flexibility index (Phi) is 6.04. The maximum Gasteiger partial charge on any atom is 0.256 e. The standard InChI is InChI=1S/C23H25N3O2S/c1-16-17(2)29-23(25-22(27)19-6-4-3-5-7-19)20(16)21(18-8-10-24-11-9-18)26-12-14-28-15-13-26/h3-11,21H,12-15H2,1-2H3,(H,25,27). The number of pyridine rings is 1. The molecule has 0 bridgehead atoms. The molecule has 3 heterocycles. The van der Waals surface area contributed by atoms with Gasteiger partial charge in [0.05, 0.1) is 19.3 Å².